The van der Waals surface area contributed by atoms with Crippen LogP contribution in [0.5, 0.6) is 0 Å². The van der Waals surface area contributed by atoms with E-state index in [0.29, 0.717) is 40.2 Å². The molecule has 0 amide bonds. The van der Waals surface area contributed by atoms with Crippen LogP contribution >= 0.6 is 34.5 Å². The van der Waals surface area contributed by atoms with E-state index in [1.54, 1.807) is 24.3 Å². The first-order chi connectivity index (χ1) is 14.5. The third-order valence-electron chi connectivity index (χ3n) is 4.45. The van der Waals surface area contributed by atoms with Crippen molar-refractivity contribution in [3.8, 4) is 16.6 Å². The van der Waals surface area contributed by atoms with Gasteiger partial charge in [0.1, 0.15) is 28.8 Å². The van der Waals surface area contributed by atoms with Gasteiger partial charge in [-0.15, -0.1) is 11.3 Å². The lowest BCUT2D eigenvalue weighted by Gasteiger charge is -2.10. The molecule has 0 saturated carbocycles. The maximum atomic E-state index is 11.2. The lowest BCUT2D eigenvalue weighted by atomic mass is 10.2. The minimum absolute atomic E-state index is 0.0713. The Morgan fingerprint density at radius 1 is 1.23 bits per heavy atom. The number of carboxylic acids is 1. The molecule has 4 rings (SSSR count). The van der Waals surface area contributed by atoms with E-state index in [0.717, 1.165) is 22.2 Å². The second-order valence-electron chi connectivity index (χ2n) is 6.27. The van der Waals surface area contributed by atoms with E-state index >= 15 is 0 Å². The van der Waals surface area contributed by atoms with Crippen molar-refractivity contribution in [2.24, 2.45) is 0 Å². The normalized spacial score (nSPS) is 10.8. The summed E-state index contributed by atoms with van der Waals surface area (Å²) in [5.41, 5.74) is 1.99. The first-order valence-corrected chi connectivity index (χ1v) is 10.3. The summed E-state index contributed by atoms with van der Waals surface area (Å²) in [5.74, 6) is -0.495. The predicted octanol–water partition coefficient (Wildman–Crippen LogP) is 5.15. The van der Waals surface area contributed by atoms with Crippen molar-refractivity contribution in [3.63, 3.8) is 0 Å². The molecule has 2 N–H and O–H groups in total. The lowest BCUT2D eigenvalue weighted by Crippen LogP contribution is -2.12. The number of fused-ring (bicyclic) bond motifs is 1. The van der Waals surface area contributed by atoms with Gasteiger partial charge in [0.2, 0.25) is 0 Å². The highest BCUT2D eigenvalue weighted by molar-refractivity contribution is 7.17. The zero-order valence-corrected chi connectivity index (χ0v) is 17.6. The summed E-state index contributed by atoms with van der Waals surface area (Å²) in [4.78, 5) is 20.3. The zero-order valence-electron chi connectivity index (χ0n) is 15.3. The molecule has 0 aliphatic rings. The van der Waals surface area contributed by atoms with E-state index in [1.807, 2.05) is 16.7 Å². The predicted molar refractivity (Wildman–Crippen MR) is 117 cm³/mol. The number of benzene rings is 1. The minimum atomic E-state index is -1.07. The number of aromatic carboxylic acids is 1. The molecule has 4 aromatic rings. The molecule has 0 fully saturated rings. The number of anilines is 1. The number of carbonyl (C=O) groups is 1. The van der Waals surface area contributed by atoms with Crippen LogP contribution in [0.25, 0.3) is 21.5 Å². The molecule has 0 aliphatic heterocycles. The molecule has 0 bridgehead atoms. The summed E-state index contributed by atoms with van der Waals surface area (Å²) >= 11 is 13.3. The maximum Gasteiger partial charge on any atom is 0.347 e. The number of aromatic nitrogens is 3. The fourth-order valence-corrected chi connectivity index (χ4v) is 4.56. The van der Waals surface area contributed by atoms with Crippen LogP contribution in [0.15, 0.2) is 42.7 Å². The summed E-state index contributed by atoms with van der Waals surface area (Å²) in [6, 6.07) is 12.9. The van der Waals surface area contributed by atoms with Crippen LogP contribution in [0, 0.1) is 11.3 Å². The summed E-state index contributed by atoms with van der Waals surface area (Å²) < 4.78 is 1.90. The van der Waals surface area contributed by atoms with Gasteiger partial charge in [-0.3, -0.25) is 0 Å². The number of nitrogens with zero attached hydrogens (tertiary/aromatic N) is 4. The van der Waals surface area contributed by atoms with Gasteiger partial charge in [-0.25, -0.2) is 14.8 Å². The first kappa shape index (κ1) is 20.2. The fourth-order valence-electron chi connectivity index (χ4n) is 3.11. The Balaban J connectivity index is 1.52. The number of carboxylic acid groups (broad SMARTS) is 1. The van der Waals surface area contributed by atoms with Crippen molar-refractivity contribution in [1.29, 1.82) is 5.26 Å². The topological polar surface area (TPSA) is 104 Å². The van der Waals surface area contributed by atoms with Crippen molar-refractivity contribution in [2.75, 3.05) is 11.9 Å². The van der Waals surface area contributed by atoms with Crippen molar-refractivity contribution in [3.05, 3.63) is 63.3 Å². The number of hydrogen-bond acceptors (Lipinski definition) is 6. The van der Waals surface area contributed by atoms with E-state index in [1.165, 1.54) is 6.33 Å². The molecule has 1 aromatic carbocycles. The van der Waals surface area contributed by atoms with E-state index in [-0.39, 0.29) is 9.90 Å². The number of halogens is 2. The highest BCUT2D eigenvalue weighted by Crippen LogP contribution is 2.34. The zero-order chi connectivity index (χ0) is 21.3. The van der Waals surface area contributed by atoms with Gasteiger partial charge in [-0.05, 0) is 24.3 Å². The molecule has 3 heterocycles. The Morgan fingerprint density at radius 2 is 2.07 bits per heavy atom. The number of hydrogen-bond donors (Lipinski definition) is 2. The molecule has 7 nitrogen and oxygen atoms in total. The quantitative estimate of drug-likeness (QED) is 0.414. The Labute approximate surface area is 185 Å². The van der Waals surface area contributed by atoms with Gasteiger partial charge >= 0.3 is 5.97 Å². The van der Waals surface area contributed by atoms with Gasteiger partial charge in [0.05, 0.1) is 21.1 Å². The number of thiophene rings is 1. The lowest BCUT2D eigenvalue weighted by molar-refractivity contribution is 0.0702. The number of nitriles is 1. The summed E-state index contributed by atoms with van der Waals surface area (Å²) in [6.45, 7) is 1.03. The van der Waals surface area contributed by atoms with Crippen LogP contribution in [0.2, 0.25) is 10.0 Å². The van der Waals surface area contributed by atoms with E-state index < -0.39 is 5.97 Å². The van der Waals surface area contributed by atoms with Crippen LogP contribution < -0.4 is 5.32 Å². The molecule has 0 unspecified atom stereocenters. The first-order valence-electron chi connectivity index (χ1n) is 8.74. The Morgan fingerprint density at radius 3 is 2.80 bits per heavy atom. The molecule has 0 atom stereocenters. The molecule has 0 radical (unpaired) electrons. The second-order valence-corrected chi connectivity index (χ2v) is 8.14. The smallest absolute Gasteiger partial charge is 0.347 e. The minimum Gasteiger partial charge on any atom is -0.477 e. The summed E-state index contributed by atoms with van der Waals surface area (Å²) in [6.07, 6.45) is 1.40. The van der Waals surface area contributed by atoms with E-state index in [2.05, 4.69) is 21.4 Å². The molecule has 30 heavy (non-hydrogen) atoms. The SMILES string of the molecule is N#Cc1cc2c(Cl)cccc2n1CCNc1cc(-c2cc(Cl)c(C(=O)O)s2)ncn1. The molecular weight excluding hydrogens is 445 g/mol. The Bertz CT molecular complexity index is 1310. The molecular formula is C20H13Cl2N5O2S. The van der Waals surface area contributed by atoms with E-state index in [4.69, 9.17) is 28.3 Å². The second kappa shape index (κ2) is 8.32. The molecule has 0 saturated heterocycles. The third-order valence-corrected chi connectivity index (χ3v) is 6.33. The molecule has 150 valence electrons. The van der Waals surface area contributed by atoms with Crippen LogP contribution in [-0.2, 0) is 6.54 Å². The molecule has 10 heteroatoms. The van der Waals surface area contributed by atoms with Crippen molar-refractivity contribution in [1.82, 2.24) is 14.5 Å². The van der Waals surface area contributed by atoms with Gasteiger partial charge in [-0.2, -0.15) is 5.26 Å². The largest absolute Gasteiger partial charge is 0.477 e. The third kappa shape index (κ3) is 3.83. The average Bonchev–Trinajstić information content (AvgIpc) is 3.30. The van der Waals surface area contributed by atoms with E-state index in [9.17, 15) is 10.1 Å². The fraction of sp³-hybridized carbons (Fsp3) is 0.100. The van der Waals surface area contributed by atoms with Crippen molar-refractivity contribution >= 4 is 57.2 Å². The number of nitrogens with one attached hydrogen (secondary N) is 1. The van der Waals surface area contributed by atoms with Crippen LogP contribution in [0.3, 0.4) is 0 Å². The van der Waals surface area contributed by atoms with Crippen molar-refractivity contribution in [2.45, 2.75) is 6.54 Å². The summed E-state index contributed by atoms with van der Waals surface area (Å²) in [5, 5.41) is 23.4. The highest BCUT2D eigenvalue weighted by atomic mass is 35.5. The molecule has 3 aromatic heterocycles. The number of rotatable bonds is 6. The Hall–Kier alpha value is -3.12. The van der Waals surface area contributed by atoms with Gasteiger partial charge < -0.3 is 15.0 Å². The molecule has 0 aliphatic carbocycles. The summed E-state index contributed by atoms with van der Waals surface area (Å²) in [7, 11) is 0. The van der Waals surface area contributed by atoms with Crippen LogP contribution in [0.1, 0.15) is 15.4 Å². The maximum absolute atomic E-state index is 11.2. The van der Waals surface area contributed by atoms with Gasteiger partial charge in [0, 0.05) is 29.6 Å². The average molecular weight is 458 g/mol. The van der Waals surface area contributed by atoms with Crippen LogP contribution in [-0.4, -0.2) is 32.2 Å². The van der Waals surface area contributed by atoms with Crippen LogP contribution in [0.4, 0.5) is 5.82 Å². The van der Waals surface area contributed by atoms with Gasteiger partial charge in [0.25, 0.3) is 0 Å². The van der Waals surface area contributed by atoms with Gasteiger partial charge in [-0.1, -0.05) is 29.3 Å². The Kier molecular flexibility index (Phi) is 5.59. The monoisotopic (exact) mass is 457 g/mol. The standard InChI is InChI=1S/C20H13Cl2N5O2S/c21-13-2-1-3-16-12(13)6-11(9-23)27(16)5-4-24-18-8-15(25-10-26-18)17-7-14(22)19(30-17)20(28)29/h1-3,6-8,10H,4-5H2,(H,28,29)(H,24,25,26). The van der Waals surface area contributed by atoms with Crippen molar-refractivity contribution < 1.29 is 9.90 Å². The van der Waals surface area contributed by atoms with Gasteiger partial charge in [0.15, 0.2) is 0 Å². The highest BCUT2D eigenvalue weighted by Gasteiger charge is 2.16. The molecule has 0 spiro atoms.